The van der Waals surface area contributed by atoms with E-state index in [-0.39, 0.29) is 0 Å². The molecule has 5 aromatic rings. The third-order valence-electron chi connectivity index (χ3n) is 4.93. The van der Waals surface area contributed by atoms with Crippen molar-refractivity contribution in [3.63, 3.8) is 0 Å². The third-order valence-corrected chi connectivity index (χ3v) is 4.93. The Morgan fingerprint density at radius 1 is 0.538 bits per heavy atom. The Hall–Kier alpha value is -3.26. The summed E-state index contributed by atoms with van der Waals surface area (Å²) in [6, 6.07) is 33.8. The smallest absolute Gasteiger partial charge is 0.113 e. The van der Waals surface area contributed by atoms with E-state index in [0.717, 1.165) is 5.46 Å². The number of benzene rings is 4. The lowest BCUT2D eigenvalue weighted by Crippen LogP contribution is -1.99. The molecular formula is C24H16BN. The van der Waals surface area contributed by atoms with Crippen molar-refractivity contribution >= 4 is 35.1 Å². The molecule has 0 atom stereocenters. The zero-order valence-corrected chi connectivity index (χ0v) is 14.3. The van der Waals surface area contributed by atoms with Crippen LogP contribution in [0.15, 0.2) is 97.1 Å². The molecule has 0 saturated heterocycles. The summed E-state index contributed by atoms with van der Waals surface area (Å²) in [5, 5.41) is 2.54. The van der Waals surface area contributed by atoms with E-state index in [2.05, 4.69) is 89.5 Å². The van der Waals surface area contributed by atoms with Crippen LogP contribution in [-0.4, -0.2) is 12.4 Å². The Morgan fingerprint density at radius 2 is 1.19 bits per heavy atom. The minimum Gasteiger partial charge on any atom is -0.309 e. The second-order valence-electron chi connectivity index (χ2n) is 6.54. The van der Waals surface area contributed by atoms with Crippen LogP contribution in [0.2, 0.25) is 0 Å². The molecule has 4 aromatic carbocycles. The van der Waals surface area contributed by atoms with E-state index >= 15 is 0 Å². The number of nitrogens with zero attached hydrogens (tertiary/aromatic N) is 1. The van der Waals surface area contributed by atoms with Crippen LogP contribution >= 0.6 is 0 Å². The lowest BCUT2D eigenvalue weighted by atomic mass is 9.93. The van der Waals surface area contributed by atoms with Gasteiger partial charge < -0.3 is 4.57 Å². The molecule has 0 saturated carbocycles. The molecule has 26 heavy (non-hydrogen) atoms. The highest BCUT2D eigenvalue weighted by molar-refractivity contribution is 6.32. The lowest BCUT2D eigenvalue weighted by Gasteiger charge is -2.09. The van der Waals surface area contributed by atoms with Gasteiger partial charge in [-0.2, -0.15) is 0 Å². The van der Waals surface area contributed by atoms with Crippen molar-refractivity contribution in [3.8, 4) is 16.8 Å². The number of hydrogen-bond donors (Lipinski definition) is 0. The molecular weight excluding hydrogens is 313 g/mol. The zero-order chi connectivity index (χ0) is 17.5. The summed E-state index contributed by atoms with van der Waals surface area (Å²) in [7, 11) is 5.84. The molecule has 0 aliphatic carbocycles. The van der Waals surface area contributed by atoms with Gasteiger partial charge in [-0.25, -0.2) is 0 Å². The topological polar surface area (TPSA) is 4.93 Å². The van der Waals surface area contributed by atoms with Gasteiger partial charge in [-0.3, -0.25) is 0 Å². The van der Waals surface area contributed by atoms with Gasteiger partial charge >= 0.3 is 0 Å². The fourth-order valence-electron chi connectivity index (χ4n) is 3.68. The quantitative estimate of drug-likeness (QED) is 0.390. The lowest BCUT2D eigenvalue weighted by molar-refractivity contribution is 1.18. The SMILES string of the molecule is [B]c1ccc(-c2ccc3c4ccccc4n(-c4ccccc4)c3c2)cc1. The largest absolute Gasteiger partial charge is 0.309 e. The third kappa shape index (κ3) is 2.34. The molecule has 0 amide bonds. The Labute approximate surface area is 153 Å². The molecule has 0 aliphatic rings. The van der Waals surface area contributed by atoms with Crippen LogP contribution in [0.4, 0.5) is 0 Å². The van der Waals surface area contributed by atoms with Gasteiger partial charge in [0.15, 0.2) is 0 Å². The van der Waals surface area contributed by atoms with Gasteiger partial charge in [0, 0.05) is 16.5 Å². The second-order valence-corrected chi connectivity index (χ2v) is 6.54. The van der Waals surface area contributed by atoms with Crippen LogP contribution in [0.3, 0.4) is 0 Å². The number of aromatic nitrogens is 1. The van der Waals surface area contributed by atoms with Crippen molar-refractivity contribution in [2.24, 2.45) is 0 Å². The standard InChI is InChI=1S/C24H16BN/c25-19-13-10-17(11-14-19)18-12-15-22-21-8-4-5-9-23(21)26(24(22)16-18)20-6-2-1-3-7-20/h1-16H. The fourth-order valence-corrected chi connectivity index (χ4v) is 3.68. The summed E-state index contributed by atoms with van der Waals surface area (Å²) < 4.78 is 2.34. The molecule has 2 radical (unpaired) electrons. The summed E-state index contributed by atoms with van der Waals surface area (Å²) in [5.41, 5.74) is 6.76. The minimum atomic E-state index is 0.785. The molecule has 0 unspecified atom stereocenters. The Morgan fingerprint density at radius 3 is 2.00 bits per heavy atom. The molecule has 0 fully saturated rings. The van der Waals surface area contributed by atoms with Crippen LogP contribution in [0.5, 0.6) is 0 Å². The summed E-state index contributed by atoms with van der Waals surface area (Å²) in [4.78, 5) is 0. The van der Waals surface area contributed by atoms with Crippen molar-refractivity contribution < 1.29 is 0 Å². The number of hydrogen-bond acceptors (Lipinski definition) is 0. The zero-order valence-electron chi connectivity index (χ0n) is 14.3. The summed E-state index contributed by atoms with van der Waals surface area (Å²) in [6.45, 7) is 0. The first-order chi connectivity index (χ1) is 12.8. The summed E-state index contributed by atoms with van der Waals surface area (Å²) in [6.07, 6.45) is 0. The normalized spacial score (nSPS) is 11.2. The molecule has 0 aliphatic heterocycles. The van der Waals surface area contributed by atoms with Crippen molar-refractivity contribution in [1.29, 1.82) is 0 Å². The highest BCUT2D eigenvalue weighted by Crippen LogP contribution is 2.34. The van der Waals surface area contributed by atoms with Gasteiger partial charge in [0.1, 0.15) is 7.85 Å². The Bertz CT molecular complexity index is 1220. The van der Waals surface area contributed by atoms with E-state index in [4.69, 9.17) is 7.85 Å². The molecule has 1 heterocycles. The van der Waals surface area contributed by atoms with Crippen LogP contribution in [0, 0.1) is 0 Å². The average molecular weight is 329 g/mol. The minimum absolute atomic E-state index is 0.785. The fraction of sp³-hybridized carbons (Fsp3) is 0. The molecule has 0 N–H and O–H groups in total. The molecule has 0 spiro atoms. The maximum atomic E-state index is 5.84. The molecule has 2 heteroatoms. The predicted molar refractivity (Wildman–Crippen MR) is 112 cm³/mol. The molecule has 120 valence electrons. The number of para-hydroxylation sites is 2. The van der Waals surface area contributed by atoms with Crippen LogP contribution in [-0.2, 0) is 0 Å². The first-order valence-corrected chi connectivity index (χ1v) is 8.76. The van der Waals surface area contributed by atoms with Gasteiger partial charge in [-0.15, -0.1) is 0 Å². The van der Waals surface area contributed by atoms with Crippen LogP contribution in [0.25, 0.3) is 38.6 Å². The summed E-state index contributed by atoms with van der Waals surface area (Å²) >= 11 is 0. The maximum Gasteiger partial charge on any atom is 0.113 e. The van der Waals surface area contributed by atoms with Gasteiger partial charge in [0.2, 0.25) is 0 Å². The molecule has 1 aromatic heterocycles. The molecule has 0 bridgehead atoms. The van der Waals surface area contributed by atoms with Gasteiger partial charge in [0.25, 0.3) is 0 Å². The van der Waals surface area contributed by atoms with Crippen LogP contribution < -0.4 is 5.46 Å². The number of fused-ring (bicyclic) bond motifs is 3. The van der Waals surface area contributed by atoms with Gasteiger partial charge in [0.05, 0.1) is 11.0 Å². The van der Waals surface area contributed by atoms with Crippen LogP contribution in [0.1, 0.15) is 0 Å². The van der Waals surface area contributed by atoms with E-state index in [1.165, 1.54) is 38.6 Å². The van der Waals surface area contributed by atoms with E-state index in [1.54, 1.807) is 0 Å². The van der Waals surface area contributed by atoms with Crippen molar-refractivity contribution in [2.75, 3.05) is 0 Å². The van der Waals surface area contributed by atoms with E-state index in [0.29, 0.717) is 0 Å². The second kappa shape index (κ2) is 5.92. The first kappa shape index (κ1) is 15.0. The van der Waals surface area contributed by atoms with E-state index in [9.17, 15) is 0 Å². The predicted octanol–water partition coefficient (Wildman–Crippen LogP) is 5.24. The van der Waals surface area contributed by atoms with Gasteiger partial charge in [-0.05, 0) is 35.4 Å². The van der Waals surface area contributed by atoms with Crippen molar-refractivity contribution in [3.05, 3.63) is 97.1 Å². The maximum absolute atomic E-state index is 5.84. The molecule has 5 rings (SSSR count). The summed E-state index contributed by atoms with van der Waals surface area (Å²) in [5.74, 6) is 0. The van der Waals surface area contributed by atoms with Crippen molar-refractivity contribution in [2.45, 2.75) is 0 Å². The first-order valence-electron chi connectivity index (χ1n) is 8.76. The van der Waals surface area contributed by atoms with Gasteiger partial charge in [-0.1, -0.05) is 78.3 Å². The highest BCUT2D eigenvalue weighted by atomic mass is 15.0. The van der Waals surface area contributed by atoms with E-state index < -0.39 is 0 Å². The highest BCUT2D eigenvalue weighted by Gasteiger charge is 2.12. The monoisotopic (exact) mass is 329 g/mol. The van der Waals surface area contributed by atoms with E-state index in [1.807, 2.05) is 12.1 Å². The molecule has 1 nitrogen and oxygen atoms in total. The average Bonchev–Trinajstić information content (AvgIpc) is 3.03. The Kier molecular flexibility index (Phi) is 3.43. The number of rotatable bonds is 2. The van der Waals surface area contributed by atoms with Crippen molar-refractivity contribution in [1.82, 2.24) is 4.57 Å². The Balaban J connectivity index is 1.85.